The van der Waals surface area contributed by atoms with Crippen molar-refractivity contribution in [3.63, 3.8) is 0 Å². The number of hydrogen-bond donors (Lipinski definition) is 7. The molecule has 3 aliphatic rings. The number of carbonyl (C=O) groups is 4. The number of nitrogens with one attached hydrogen (secondary N) is 1. The molecule has 5 rings (SSSR count). The molecule has 42 heavy (non-hydrogen) atoms. The van der Waals surface area contributed by atoms with Gasteiger partial charge in [0, 0.05) is 48.4 Å². The van der Waals surface area contributed by atoms with E-state index in [4.69, 9.17) is 9.47 Å². The second-order valence-electron chi connectivity index (χ2n) is 11.0. The predicted octanol–water partition coefficient (Wildman–Crippen LogP) is -0.338. The summed E-state index contributed by atoms with van der Waals surface area (Å²) in [5.74, 6) is -4.46. The summed E-state index contributed by atoms with van der Waals surface area (Å²) in [7, 11) is 0. The molecule has 0 aromatic heterocycles. The zero-order valence-electron chi connectivity index (χ0n) is 22.8. The van der Waals surface area contributed by atoms with E-state index >= 15 is 0 Å². The number of amides is 1. The van der Waals surface area contributed by atoms with Crippen LogP contribution in [0.25, 0.3) is 0 Å². The SMILES string of the molecule is CC(=O)NC1CC(O[C@H]2C[C@](O)(C(=O)CO)Cc3c(O)c4c(c(O)c32)C(=O)c2cc(CO)ccc2C4=O)OC(C)C1O. The molecule has 13 nitrogen and oxygen atoms in total. The first-order valence-corrected chi connectivity index (χ1v) is 13.4. The first kappa shape index (κ1) is 29.8. The quantitative estimate of drug-likeness (QED) is 0.185. The third-order valence-corrected chi connectivity index (χ3v) is 8.19. The highest BCUT2D eigenvalue weighted by Gasteiger charge is 2.50. The average molecular weight is 586 g/mol. The Morgan fingerprint density at radius 2 is 1.76 bits per heavy atom. The highest BCUT2D eigenvalue weighted by atomic mass is 16.7. The van der Waals surface area contributed by atoms with Gasteiger partial charge in [-0.25, -0.2) is 0 Å². The Hall–Kier alpha value is -3.72. The minimum atomic E-state index is -2.29. The van der Waals surface area contributed by atoms with Crippen molar-refractivity contribution in [3.8, 4) is 11.5 Å². The molecular formula is C29H31NO12. The molecule has 1 saturated heterocycles. The van der Waals surface area contributed by atoms with Crippen molar-refractivity contribution in [3.05, 3.63) is 57.1 Å². The van der Waals surface area contributed by atoms with E-state index in [2.05, 4.69) is 5.32 Å². The van der Waals surface area contributed by atoms with Crippen LogP contribution in [0.15, 0.2) is 18.2 Å². The third-order valence-electron chi connectivity index (χ3n) is 8.19. The van der Waals surface area contributed by atoms with Gasteiger partial charge in [-0.1, -0.05) is 6.07 Å². The lowest BCUT2D eigenvalue weighted by molar-refractivity contribution is -0.249. The Balaban J connectivity index is 1.64. The summed E-state index contributed by atoms with van der Waals surface area (Å²) in [5.41, 5.74) is -3.53. The largest absolute Gasteiger partial charge is 0.507 e. The lowest BCUT2D eigenvalue weighted by Gasteiger charge is -2.42. The summed E-state index contributed by atoms with van der Waals surface area (Å²) in [5, 5.41) is 66.4. The Morgan fingerprint density at radius 3 is 2.40 bits per heavy atom. The fourth-order valence-corrected chi connectivity index (χ4v) is 6.08. The molecule has 7 N–H and O–H groups in total. The summed E-state index contributed by atoms with van der Waals surface area (Å²) in [6, 6.07) is 3.27. The highest BCUT2D eigenvalue weighted by Crippen LogP contribution is 2.52. The van der Waals surface area contributed by atoms with Crippen LogP contribution in [0.2, 0.25) is 0 Å². The lowest BCUT2D eigenvalue weighted by Crippen LogP contribution is -2.55. The molecule has 1 aliphatic heterocycles. The van der Waals surface area contributed by atoms with Gasteiger partial charge in [-0.3, -0.25) is 19.2 Å². The van der Waals surface area contributed by atoms with E-state index in [0.717, 1.165) is 0 Å². The van der Waals surface area contributed by atoms with Crippen molar-refractivity contribution < 1.29 is 59.3 Å². The van der Waals surface area contributed by atoms with Crippen LogP contribution in [0.1, 0.15) is 81.3 Å². The molecule has 0 bridgehead atoms. The van der Waals surface area contributed by atoms with Gasteiger partial charge in [0.25, 0.3) is 0 Å². The molecule has 13 heteroatoms. The number of carbonyl (C=O) groups excluding carboxylic acids is 4. The van der Waals surface area contributed by atoms with Crippen molar-refractivity contribution in [1.82, 2.24) is 5.32 Å². The third kappa shape index (κ3) is 4.77. The lowest BCUT2D eigenvalue weighted by atomic mass is 9.72. The molecular weight excluding hydrogens is 554 g/mol. The van der Waals surface area contributed by atoms with E-state index in [1.807, 2.05) is 0 Å². The number of ketones is 3. The molecule has 4 unspecified atom stereocenters. The van der Waals surface area contributed by atoms with Gasteiger partial charge in [0.05, 0.1) is 36.0 Å². The minimum Gasteiger partial charge on any atom is -0.507 e. The van der Waals surface area contributed by atoms with Crippen molar-refractivity contribution >= 4 is 23.3 Å². The monoisotopic (exact) mass is 585 g/mol. The highest BCUT2D eigenvalue weighted by molar-refractivity contribution is 6.30. The van der Waals surface area contributed by atoms with Crippen LogP contribution < -0.4 is 5.32 Å². The van der Waals surface area contributed by atoms with Crippen LogP contribution in [-0.4, -0.2) is 90.6 Å². The van der Waals surface area contributed by atoms with Crippen LogP contribution in [0.4, 0.5) is 0 Å². The van der Waals surface area contributed by atoms with E-state index in [1.54, 1.807) is 0 Å². The minimum absolute atomic E-state index is 0.0724. The fraction of sp³-hybridized carbons (Fsp3) is 0.448. The molecule has 1 amide bonds. The molecule has 0 radical (unpaired) electrons. The number of hydrogen-bond acceptors (Lipinski definition) is 12. The number of aromatic hydroxyl groups is 2. The maximum absolute atomic E-state index is 13.6. The predicted molar refractivity (Wildman–Crippen MR) is 141 cm³/mol. The molecule has 1 heterocycles. The number of ether oxygens (including phenoxy) is 2. The van der Waals surface area contributed by atoms with Gasteiger partial charge in [0.15, 0.2) is 23.6 Å². The Kier molecular flexibility index (Phi) is 7.68. The number of rotatable bonds is 6. The molecule has 6 atom stereocenters. The first-order chi connectivity index (χ1) is 19.8. The summed E-state index contributed by atoms with van der Waals surface area (Å²) < 4.78 is 11.8. The molecule has 1 fully saturated rings. The second-order valence-corrected chi connectivity index (χ2v) is 11.0. The average Bonchev–Trinajstić information content (AvgIpc) is 2.94. The van der Waals surface area contributed by atoms with Crippen molar-refractivity contribution in [2.75, 3.05) is 6.61 Å². The normalized spacial score (nSPS) is 28.5. The van der Waals surface area contributed by atoms with Gasteiger partial charge in [-0.15, -0.1) is 0 Å². The molecule has 2 aromatic carbocycles. The maximum Gasteiger partial charge on any atom is 0.217 e. The van der Waals surface area contributed by atoms with E-state index in [-0.39, 0.29) is 28.7 Å². The van der Waals surface area contributed by atoms with Crippen molar-refractivity contribution in [1.29, 1.82) is 0 Å². The van der Waals surface area contributed by atoms with Crippen LogP contribution in [0, 0.1) is 0 Å². The van der Waals surface area contributed by atoms with E-state index < -0.39 is 108 Å². The summed E-state index contributed by atoms with van der Waals surface area (Å²) >= 11 is 0. The standard InChI is InChI=1S/C29H31NO12/c1-11-24(35)17(30-12(2)33)6-20(41-11)42-18-8-29(40,19(34)10-32)7-16-21(18)28(39)23-22(27(16)38)25(36)14-4-3-13(9-31)5-15(14)26(23)37/h3-5,11,17-18,20,24,31-32,35,38-40H,6-10H2,1-2H3,(H,30,33)/t11?,17?,18-,20?,24?,29-/m0/s1. The van der Waals surface area contributed by atoms with Gasteiger partial charge in [0.1, 0.15) is 29.8 Å². The molecule has 0 saturated carbocycles. The van der Waals surface area contributed by atoms with Gasteiger partial charge in [-0.2, -0.15) is 0 Å². The van der Waals surface area contributed by atoms with Gasteiger partial charge in [-0.05, 0) is 24.6 Å². The number of aliphatic hydroxyl groups is 4. The summed E-state index contributed by atoms with van der Waals surface area (Å²) in [6.45, 7) is 1.34. The maximum atomic E-state index is 13.6. The van der Waals surface area contributed by atoms with Gasteiger partial charge >= 0.3 is 0 Å². The number of Topliss-reactive ketones (excluding diaryl/α,β-unsaturated/α-hetero) is 1. The van der Waals surface area contributed by atoms with Crippen molar-refractivity contribution in [2.45, 2.75) is 76.0 Å². The zero-order valence-corrected chi connectivity index (χ0v) is 22.8. The fourth-order valence-electron chi connectivity index (χ4n) is 6.08. The van der Waals surface area contributed by atoms with Crippen LogP contribution >= 0.6 is 0 Å². The Labute approximate surface area is 239 Å². The number of phenolic OH excluding ortho intramolecular Hbond substituents is 2. The molecule has 224 valence electrons. The van der Waals surface area contributed by atoms with Crippen LogP contribution in [-0.2, 0) is 32.1 Å². The van der Waals surface area contributed by atoms with Crippen LogP contribution in [0.5, 0.6) is 11.5 Å². The van der Waals surface area contributed by atoms with E-state index in [9.17, 15) is 49.8 Å². The van der Waals surface area contributed by atoms with Crippen LogP contribution in [0.3, 0.4) is 0 Å². The van der Waals surface area contributed by atoms with E-state index in [1.165, 1.54) is 32.0 Å². The Morgan fingerprint density at radius 1 is 1.10 bits per heavy atom. The number of fused-ring (bicyclic) bond motifs is 3. The smallest absolute Gasteiger partial charge is 0.217 e. The number of aliphatic hydroxyl groups excluding tert-OH is 3. The summed E-state index contributed by atoms with van der Waals surface area (Å²) in [6.07, 6.45) is -5.70. The van der Waals surface area contributed by atoms with Gasteiger partial charge in [0.2, 0.25) is 5.91 Å². The zero-order chi connectivity index (χ0) is 30.7. The molecule has 2 aliphatic carbocycles. The topological polar surface area (TPSA) is 220 Å². The first-order valence-electron chi connectivity index (χ1n) is 13.4. The second kappa shape index (κ2) is 10.8. The van der Waals surface area contributed by atoms with Crippen molar-refractivity contribution in [2.24, 2.45) is 0 Å². The number of benzene rings is 2. The summed E-state index contributed by atoms with van der Waals surface area (Å²) in [4.78, 5) is 51.5. The van der Waals surface area contributed by atoms with E-state index in [0.29, 0.717) is 5.56 Å². The molecule has 0 spiro atoms. The van der Waals surface area contributed by atoms with Gasteiger partial charge < -0.3 is 45.4 Å². The Bertz CT molecular complexity index is 1500. The molecule has 2 aromatic rings. The number of phenols is 2.